The summed E-state index contributed by atoms with van der Waals surface area (Å²) in [7, 11) is 0. The van der Waals surface area contributed by atoms with Crippen LogP contribution in [0.15, 0.2) is 24.3 Å². The van der Waals surface area contributed by atoms with E-state index in [1.165, 1.54) is 0 Å². The molecule has 1 rings (SSSR count). The van der Waals surface area contributed by atoms with Crippen LogP contribution in [-0.4, -0.2) is 23.5 Å². The first-order chi connectivity index (χ1) is 9.60. The third-order valence-corrected chi connectivity index (χ3v) is 2.89. The average Bonchev–Trinajstić information content (AvgIpc) is 2.32. The molecule has 0 aliphatic carbocycles. The molecule has 0 radical (unpaired) electrons. The Kier molecular flexibility index (Phi) is 5.53. The number of ether oxygens (including phenoxy) is 1. The van der Waals surface area contributed by atoms with E-state index < -0.39 is 17.6 Å². The van der Waals surface area contributed by atoms with Crippen molar-refractivity contribution in [1.29, 1.82) is 0 Å². The second-order valence-electron chi connectivity index (χ2n) is 6.60. The number of carbonyl (C=O) groups excluding carboxylic acids is 2. The Hall–Kier alpha value is -1.84. The smallest absolute Gasteiger partial charge is 0.329 e. The minimum atomic E-state index is -0.655. The highest BCUT2D eigenvalue weighted by Gasteiger charge is 2.29. The van der Waals surface area contributed by atoms with Gasteiger partial charge in [0.15, 0.2) is 0 Å². The van der Waals surface area contributed by atoms with Crippen LogP contribution in [-0.2, 0) is 9.53 Å². The van der Waals surface area contributed by atoms with Crippen LogP contribution in [0.2, 0.25) is 0 Å². The molecule has 0 bridgehead atoms. The molecular weight excluding hydrogens is 266 g/mol. The zero-order chi connectivity index (χ0) is 16.2. The van der Waals surface area contributed by atoms with Gasteiger partial charge < -0.3 is 10.1 Å². The Balaban J connectivity index is 2.84. The molecule has 0 spiro atoms. The van der Waals surface area contributed by atoms with Gasteiger partial charge in [0.25, 0.3) is 5.91 Å². The maximum atomic E-state index is 12.3. The van der Waals surface area contributed by atoms with Crippen molar-refractivity contribution in [2.45, 2.75) is 53.2 Å². The van der Waals surface area contributed by atoms with Gasteiger partial charge in [0, 0.05) is 5.56 Å². The second-order valence-corrected chi connectivity index (χ2v) is 6.60. The molecular formula is C17H25NO3. The van der Waals surface area contributed by atoms with Crippen molar-refractivity contribution < 1.29 is 14.3 Å². The summed E-state index contributed by atoms with van der Waals surface area (Å²) in [5.41, 5.74) is 0.975. The summed E-state index contributed by atoms with van der Waals surface area (Å²) >= 11 is 0. The van der Waals surface area contributed by atoms with E-state index in [1.54, 1.807) is 12.1 Å². The van der Waals surface area contributed by atoms with Crippen LogP contribution in [0.4, 0.5) is 0 Å². The lowest BCUT2D eigenvalue weighted by molar-refractivity contribution is -0.158. The van der Waals surface area contributed by atoms with E-state index >= 15 is 0 Å². The summed E-state index contributed by atoms with van der Waals surface area (Å²) in [6, 6.07) is 6.61. The van der Waals surface area contributed by atoms with Gasteiger partial charge in [-0.1, -0.05) is 31.5 Å². The molecule has 4 nitrogen and oxygen atoms in total. The Morgan fingerprint density at radius 1 is 1.19 bits per heavy atom. The lowest BCUT2D eigenvalue weighted by Crippen LogP contribution is -2.47. The lowest BCUT2D eigenvalue weighted by Gasteiger charge is -2.26. The predicted molar refractivity (Wildman–Crippen MR) is 83.1 cm³/mol. The third-order valence-electron chi connectivity index (χ3n) is 2.89. The highest BCUT2D eigenvalue weighted by Crippen LogP contribution is 2.13. The summed E-state index contributed by atoms with van der Waals surface area (Å²) in [5.74, 6) is -0.713. The molecule has 1 aromatic carbocycles. The van der Waals surface area contributed by atoms with Gasteiger partial charge in [-0.3, -0.25) is 4.79 Å². The van der Waals surface area contributed by atoms with E-state index in [1.807, 2.05) is 53.7 Å². The molecule has 1 N–H and O–H groups in total. The minimum absolute atomic E-state index is 0.0476. The number of carbonyl (C=O) groups is 2. The molecule has 0 aliphatic rings. The van der Waals surface area contributed by atoms with Gasteiger partial charge in [0.05, 0.1) is 0 Å². The number of hydrogen-bond acceptors (Lipinski definition) is 3. The molecule has 0 aromatic heterocycles. The van der Waals surface area contributed by atoms with Crippen molar-refractivity contribution in [3.8, 4) is 0 Å². The van der Waals surface area contributed by atoms with E-state index in [9.17, 15) is 9.59 Å². The fraction of sp³-hybridized carbons (Fsp3) is 0.529. The van der Waals surface area contributed by atoms with Crippen molar-refractivity contribution in [2.75, 3.05) is 0 Å². The molecule has 0 unspecified atom stereocenters. The molecule has 1 amide bonds. The van der Waals surface area contributed by atoms with Crippen molar-refractivity contribution in [3.63, 3.8) is 0 Å². The summed E-state index contributed by atoms with van der Waals surface area (Å²) < 4.78 is 5.37. The molecule has 1 aromatic rings. The topological polar surface area (TPSA) is 55.4 Å². The van der Waals surface area contributed by atoms with E-state index in [0.717, 1.165) is 5.56 Å². The number of rotatable bonds is 4. The Bertz CT molecular complexity index is 515. The first kappa shape index (κ1) is 17.2. The van der Waals surface area contributed by atoms with Crippen LogP contribution in [0.5, 0.6) is 0 Å². The molecule has 0 fully saturated rings. The highest BCUT2D eigenvalue weighted by atomic mass is 16.6. The summed E-state index contributed by atoms with van der Waals surface area (Å²) in [4.78, 5) is 24.5. The summed E-state index contributed by atoms with van der Waals surface area (Å²) in [5, 5.41) is 2.77. The van der Waals surface area contributed by atoms with Crippen molar-refractivity contribution in [2.24, 2.45) is 5.92 Å². The first-order valence-electron chi connectivity index (χ1n) is 7.20. The zero-order valence-electron chi connectivity index (χ0n) is 13.7. The second kappa shape index (κ2) is 6.74. The largest absolute Gasteiger partial charge is 0.458 e. The maximum absolute atomic E-state index is 12.3. The molecule has 116 valence electrons. The van der Waals surface area contributed by atoms with Crippen molar-refractivity contribution in [3.05, 3.63) is 35.4 Å². The number of nitrogens with one attached hydrogen (secondary N) is 1. The van der Waals surface area contributed by atoms with Crippen molar-refractivity contribution >= 4 is 11.9 Å². The van der Waals surface area contributed by atoms with Gasteiger partial charge in [0.1, 0.15) is 11.6 Å². The lowest BCUT2D eigenvalue weighted by atomic mass is 10.0. The van der Waals surface area contributed by atoms with Gasteiger partial charge in [-0.2, -0.15) is 0 Å². The fourth-order valence-corrected chi connectivity index (χ4v) is 1.87. The quantitative estimate of drug-likeness (QED) is 0.867. The average molecular weight is 291 g/mol. The van der Waals surface area contributed by atoms with E-state index in [2.05, 4.69) is 5.32 Å². The van der Waals surface area contributed by atoms with E-state index in [-0.39, 0.29) is 11.8 Å². The summed E-state index contributed by atoms with van der Waals surface area (Å²) in [6.07, 6.45) is 0. The van der Waals surface area contributed by atoms with E-state index in [4.69, 9.17) is 4.74 Å². The Morgan fingerprint density at radius 2 is 1.81 bits per heavy atom. The maximum Gasteiger partial charge on any atom is 0.329 e. The normalized spacial score (nSPS) is 12.9. The van der Waals surface area contributed by atoms with Gasteiger partial charge in [-0.25, -0.2) is 4.79 Å². The Labute approximate surface area is 126 Å². The minimum Gasteiger partial charge on any atom is -0.458 e. The SMILES string of the molecule is Cc1cccc(C(=O)N[C@H](C(=O)OC(C)(C)C)C(C)C)c1. The molecule has 1 atom stereocenters. The number of benzene rings is 1. The van der Waals surface area contributed by atoms with Crippen molar-refractivity contribution in [1.82, 2.24) is 5.32 Å². The summed E-state index contributed by atoms with van der Waals surface area (Å²) in [6.45, 7) is 11.1. The first-order valence-corrected chi connectivity index (χ1v) is 7.20. The number of hydrogen-bond donors (Lipinski definition) is 1. The van der Waals surface area contributed by atoms with Crippen LogP contribution >= 0.6 is 0 Å². The number of esters is 1. The molecule has 0 heterocycles. The van der Waals surface area contributed by atoms with Gasteiger partial charge in [-0.15, -0.1) is 0 Å². The Morgan fingerprint density at radius 3 is 2.29 bits per heavy atom. The zero-order valence-corrected chi connectivity index (χ0v) is 13.7. The molecule has 0 saturated carbocycles. The predicted octanol–water partition coefficient (Wildman–Crippen LogP) is 3.09. The van der Waals surface area contributed by atoms with Crippen LogP contribution in [0.3, 0.4) is 0 Å². The standard InChI is InChI=1S/C17H25NO3/c1-11(2)14(16(20)21-17(4,5)6)18-15(19)13-9-7-8-12(3)10-13/h7-11,14H,1-6H3,(H,18,19)/t14-/m0/s1. The van der Waals surface area contributed by atoms with Gasteiger partial charge in [0.2, 0.25) is 0 Å². The van der Waals surface area contributed by atoms with Gasteiger partial charge >= 0.3 is 5.97 Å². The van der Waals surface area contributed by atoms with Crippen LogP contribution < -0.4 is 5.32 Å². The molecule has 0 aliphatic heterocycles. The monoisotopic (exact) mass is 291 g/mol. The van der Waals surface area contributed by atoms with E-state index in [0.29, 0.717) is 5.56 Å². The van der Waals surface area contributed by atoms with Crippen LogP contribution in [0, 0.1) is 12.8 Å². The van der Waals surface area contributed by atoms with Gasteiger partial charge in [-0.05, 0) is 45.7 Å². The fourth-order valence-electron chi connectivity index (χ4n) is 1.87. The molecule has 0 saturated heterocycles. The number of aryl methyl sites for hydroxylation is 1. The molecule has 21 heavy (non-hydrogen) atoms. The molecule has 4 heteroatoms. The third kappa shape index (κ3) is 5.58. The highest BCUT2D eigenvalue weighted by molar-refractivity contribution is 5.97. The van der Waals surface area contributed by atoms with Crippen LogP contribution in [0.25, 0.3) is 0 Å². The number of amides is 1. The van der Waals surface area contributed by atoms with Crippen LogP contribution in [0.1, 0.15) is 50.5 Å².